The van der Waals surface area contributed by atoms with Crippen LogP contribution in [0.1, 0.15) is 81.8 Å². The van der Waals surface area contributed by atoms with Gasteiger partial charge < -0.3 is 29.7 Å². The maximum absolute atomic E-state index is 15.7. The molecule has 0 unspecified atom stereocenters. The molecule has 0 atom stereocenters. The standard InChI is InChI=1S/C44H52FN9O5.CH2O2/c1-43(2)40(44(3,4)41(43)59-31-8-6-29(24-46)36(23-31)58-5)50-39(56)28-7-9-35(33(45)22-28)52-19-11-27(12-20-52)26-51-17-13-30(14-18-51)54-38-32(25-48-54)34(10-16-47-38)53-21-15-37(55)49-42(53)57;2-1-3/h6-10,16,22-23,25,27,30,40-41H,11-15,17-21,26H2,1-5H3,(H,50,56)(H,49,55,57);1H,(H,2,3). The van der Waals surface area contributed by atoms with Crippen LogP contribution in [-0.2, 0) is 9.59 Å². The van der Waals surface area contributed by atoms with Crippen molar-refractivity contribution >= 4 is 46.7 Å². The van der Waals surface area contributed by atoms with Crippen LogP contribution in [0.15, 0.2) is 54.9 Å². The minimum Gasteiger partial charge on any atom is -0.495 e. The van der Waals surface area contributed by atoms with Gasteiger partial charge in [0.2, 0.25) is 5.91 Å². The highest BCUT2D eigenvalue weighted by atomic mass is 19.1. The molecular formula is C45H54FN9O7. The van der Waals surface area contributed by atoms with Gasteiger partial charge in [-0.05, 0) is 68.0 Å². The minimum absolute atomic E-state index is 0.195. The van der Waals surface area contributed by atoms with E-state index in [0.717, 1.165) is 69.4 Å². The zero-order valence-corrected chi connectivity index (χ0v) is 35.8. The molecule has 0 bridgehead atoms. The number of aromatic nitrogens is 3. The van der Waals surface area contributed by atoms with Gasteiger partial charge in [-0.15, -0.1) is 0 Å². The average molecular weight is 852 g/mol. The molecule has 3 saturated heterocycles. The Balaban J connectivity index is 0.00000187. The first-order valence-corrected chi connectivity index (χ1v) is 21.0. The maximum atomic E-state index is 15.7. The van der Waals surface area contributed by atoms with Gasteiger partial charge in [0, 0.05) is 80.4 Å². The number of likely N-dealkylation sites (tertiary alicyclic amines) is 1. The lowest BCUT2D eigenvalue weighted by atomic mass is 9.49. The van der Waals surface area contributed by atoms with Gasteiger partial charge in [-0.3, -0.25) is 24.6 Å². The topological polar surface area (TPSA) is 195 Å². The first-order valence-electron chi connectivity index (χ1n) is 21.0. The fourth-order valence-corrected chi connectivity index (χ4v) is 10.2. The Kier molecular flexibility index (Phi) is 12.7. The SMILES string of the molecule is COc1cc(OC2C(C)(C)C(NC(=O)c3ccc(N4CCC(CN5CCC(n6ncc7c(N8CCC(=O)NC8=O)ccnc76)CC5)CC4)c(F)c3)C2(C)C)ccc1C#N.O=CO. The lowest BCUT2D eigenvalue weighted by molar-refractivity contribution is -0.164. The van der Waals surface area contributed by atoms with Gasteiger partial charge in [0.15, 0.2) is 5.65 Å². The van der Waals surface area contributed by atoms with Gasteiger partial charge in [0.05, 0.1) is 41.7 Å². The van der Waals surface area contributed by atoms with E-state index in [4.69, 9.17) is 24.5 Å². The molecular weight excluding hydrogens is 798 g/mol. The number of urea groups is 1. The summed E-state index contributed by atoms with van der Waals surface area (Å²) in [6.45, 7) is 12.6. The van der Waals surface area contributed by atoms with E-state index in [1.807, 2.05) is 32.4 Å². The Morgan fingerprint density at radius 3 is 2.37 bits per heavy atom. The van der Waals surface area contributed by atoms with Gasteiger partial charge in [-0.2, -0.15) is 10.4 Å². The summed E-state index contributed by atoms with van der Waals surface area (Å²) < 4.78 is 29.5. The quantitative estimate of drug-likeness (QED) is 0.164. The van der Waals surface area contributed by atoms with Crippen LogP contribution >= 0.6 is 0 Å². The summed E-state index contributed by atoms with van der Waals surface area (Å²) in [6.07, 6.45) is 7.26. The van der Waals surface area contributed by atoms with Crippen LogP contribution < -0.4 is 29.9 Å². The lowest BCUT2D eigenvalue weighted by Gasteiger charge is -2.63. The Bertz CT molecular complexity index is 2350. The van der Waals surface area contributed by atoms with Crippen molar-refractivity contribution < 1.29 is 38.1 Å². The second-order valence-corrected chi connectivity index (χ2v) is 17.7. The molecule has 17 heteroatoms. The summed E-state index contributed by atoms with van der Waals surface area (Å²) in [5.74, 6) is 0.543. The Labute approximate surface area is 359 Å². The van der Waals surface area contributed by atoms with Crippen molar-refractivity contribution in [1.29, 1.82) is 5.26 Å². The van der Waals surface area contributed by atoms with E-state index in [1.54, 1.807) is 53.7 Å². The van der Waals surface area contributed by atoms with E-state index >= 15 is 4.39 Å². The van der Waals surface area contributed by atoms with Crippen molar-refractivity contribution in [3.05, 3.63) is 71.8 Å². The number of carboxylic acid groups (broad SMARTS) is 1. The predicted molar refractivity (Wildman–Crippen MR) is 229 cm³/mol. The number of fused-ring (bicyclic) bond motifs is 1. The molecule has 1 aliphatic carbocycles. The predicted octanol–water partition coefficient (Wildman–Crippen LogP) is 5.76. The van der Waals surface area contributed by atoms with E-state index in [-0.39, 0.29) is 48.5 Å². The molecule has 4 aliphatic rings. The minimum atomic E-state index is -0.435. The molecule has 328 valence electrons. The number of hydrogen-bond donors (Lipinski definition) is 3. The molecule has 16 nitrogen and oxygen atoms in total. The second-order valence-electron chi connectivity index (χ2n) is 17.7. The van der Waals surface area contributed by atoms with Crippen molar-refractivity contribution in [3.63, 3.8) is 0 Å². The summed E-state index contributed by atoms with van der Waals surface area (Å²) in [4.78, 5) is 56.9. The summed E-state index contributed by atoms with van der Waals surface area (Å²) in [5, 5.41) is 27.3. The Hall–Kier alpha value is -6.28. The average Bonchev–Trinajstić information content (AvgIpc) is 3.70. The van der Waals surface area contributed by atoms with E-state index in [9.17, 15) is 19.6 Å². The number of hydrogen-bond acceptors (Lipinski definition) is 11. The summed E-state index contributed by atoms with van der Waals surface area (Å²) in [5.41, 5.74) is 1.81. The monoisotopic (exact) mass is 851 g/mol. The summed E-state index contributed by atoms with van der Waals surface area (Å²) in [7, 11) is 1.52. The summed E-state index contributed by atoms with van der Waals surface area (Å²) >= 11 is 0. The van der Waals surface area contributed by atoms with Crippen LogP contribution in [0.25, 0.3) is 11.0 Å². The second kappa shape index (κ2) is 18.0. The maximum Gasteiger partial charge on any atom is 0.328 e. The molecule has 4 aromatic rings. The number of imide groups is 1. The van der Waals surface area contributed by atoms with Crippen molar-refractivity contribution in [2.45, 2.75) is 78.0 Å². The number of amides is 4. The molecule has 4 fully saturated rings. The van der Waals surface area contributed by atoms with Crippen LogP contribution in [0.4, 0.5) is 20.6 Å². The molecule has 8 rings (SSSR count). The lowest BCUT2D eigenvalue weighted by Crippen LogP contribution is -2.74. The third-order valence-electron chi connectivity index (χ3n) is 13.1. The van der Waals surface area contributed by atoms with E-state index in [1.165, 1.54) is 13.2 Å². The highest BCUT2D eigenvalue weighted by molar-refractivity contribution is 6.09. The molecule has 0 spiro atoms. The molecule has 2 aromatic heterocycles. The molecule has 1 saturated carbocycles. The fraction of sp³-hybridized carbons (Fsp3) is 0.489. The molecule has 0 radical (unpaired) electrons. The van der Waals surface area contributed by atoms with Crippen molar-refractivity contribution in [1.82, 2.24) is 30.3 Å². The van der Waals surface area contributed by atoms with Gasteiger partial charge in [0.1, 0.15) is 29.5 Å². The van der Waals surface area contributed by atoms with Crippen LogP contribution in [0.2, 0.25) is 0 Å². The summed E-state index contributed by atoms with van der Waals surface area (Å²) in [6, 6.07) is 13.4. The van der Waals surface area contributed by atoms with Crippen molar-refractivity contribution in [2.75, 3.05) is 56.2 Å². The van der Waals surface area contributed by atoms with Gasteiger partial charge in [-0.25, -0.2) is 18.9 Å². The van der Waals surface area contributed by atoms with Gasteiger partial charge in [-0.1, -0.05) is 27.7 Å². The highest BCUT2D eigenvalue weighted by Gasteiger charge is 2.64. The van der Waals surface area contributed by atoms with E-state index < -0.39 is 22.7 Å². The normalized spacial score (nSPS) is 21.5. The number of pyridine rings is 1. The number of nitriles is 1. The largest absolute Gasteiger partial charge is 0.495 e. The smallest absolute Gasteiger partial charge is 0.328 e. The molecule has 3 N–H and O–H groups in total. The zero-order chi connectivity index (χ0) is 44.3. The third-order valence-corrected chi connectivity index (χ3v) is 13.1. The molecule has 4 amide bonds. The first-order chi connectivity index (χ1) is 29.7. The number of anilines is 2. The Morgan fingerprint density at radius 2 is 1.73 bits per heavy atom. The van der Waals surface area contributed by atoms with Crippen LogP contribution in [-0.4, -0.2) is 108 Å². The first kappa shape index (κ1) is 43.8. The van der Waals surface area contributed by atoms with Crippen LogP contribution in [0.5, 0.6) is 11.5 Å². The number of ether oxygens (including phenoxy) is 2. The number of nitrogens with one attached hydrogen (secondary N) is 2. The number of piperidine rings is 2. The molecule has 2 aromatic carbocycles. The number of carbonyl (C=O) groups is 4. The Morgan fingerprint density at radius 1 is 1.02 bits per heavy atom. The van der Waals surface area contributed by atoms with Crippen LogP contribution in [0.3, 0.4) is 0 Å². The molecule has 5 heterocycles. The van der Waals surface area contributed by atoms with Crippen molar-refractivity contribution in [2.24, 2.45) is 16.7 Å². The fourth-order valence-electron chi connectivity index (χ4n) is 10.2. The number of rotatable bonds is 10. The van der Waals surface area contributed by atoms with E-state index in [2.05, 4.69) is 31.5 Å². The number of benzene rings is 2. The van der Waals surface area contributed by atoms with Crippen molar-refractivity contribution in [3.8, 4) is 17.6 Å². The van der Waals surface area contributed by atoms with Gasteiger partial charge in [0.25, 0.3) is 12.4 Å². The molecule has 3 aliphatic heterocycles. The number of halogens is 1. The van der Waals surface area contributed by atoms with Crippen LogP contribution in [0, 0.1) is 33.9 Å². The van der Waals surface area contributed by atoms with Gasteiger partial charge >= 0.3 is 6.03 Å². The number of carbonyl (C=O) groups excluding carboxylic acids is 3. The molecule has 62 heavy (non-hydrogen) atoms. The number of methoxy groups -OCH3 is 1. The number of nitrogens with zero attached hydrogens (tertiary/aromatic N) is 7. The zero-order valence-electron chi connectivity index (χ0n) is 35.8. The van der Waals surface area contributed by atoms with E-state index in [0.29, 0.717) is 40.9 Å². The third kappa shape index (κ3) is 8.61. The highest BCUT2D eigenvalue weighted by Crippen LogP contribution is 2.55.